The number of aromatic nitrogens is 2. The van der Waals surface area contributed by atoms with Crippen LogP contribution in [0.4, 0.5) is 0 Å². The van der Waals surface area contributed by atoms with Gasteiger partial charge in [-0.05, 0) is 36.8 Å². The van der Waals surface area contributed by atoms with Gasteiger partial charge in [0.2, 0.25) is 0 Å². The largest absolute Gasteiger partial charge is 0.299 e. The predicted octanol–water partition coefficient (Wildman–Crippen LogP) is 3.79. The van der Waals surface area contributed by atoms with E-state index in [1.54, 1.807) is 0 Å². The molecule has 0 bridgehead atoms. The second kappa shape index (κ2) is 7.06. The number of nitrogens with zero attached hydrogens (tertiary/aromatic N) is 3. The molecule has 0 spiro atoms. The Balaban J connectivity index is 1.61. The number of H-pyrrole nitrogens is 1. The Bertz CT molecular complexity index is 1000. The Morgan fingerprint density at radius 3 is 2.54 bits per heavy atom. The number of halogens is 1. The number of hydrazine groups is 2. The van der Waals surface area contributed by atoms with E-state index in [9.17, 15) is 0 Å². The SMILES string of the molecule is Cc1ccc(-n2[nH]cc(C3=NNNN3Cc3ccc(Br)cc3)c2=S)cc1. The van der Waals surface area contributed by atoms with Crippen molar-refractivity contribution in [3.63, 3.8) is 0 Å². The van der Waals surface area contributed by atoms with Gasteiger partial charge in [0.1, 0.15) is 4.64 Å². The highest BCUT2D eigenvalue weighted by Crippen LogP contribution is 2.17. The number of aryl methyl sites for hydroxylation is 1. The van der Waals surface area contributed by atoms with Gasteiger partial charge >= 0.3 is 0 Å². The van der Waals surface area contributed by atoms with Crippen molar-refractivity contribution in [2.75, 3.05) is 0 Å². The third-order valence-corrected chi connectivity index (χ3v) is 5.09. The Hall–Kier alpha value is -2.42. The fourth-order valence-electron chi connectivity index (χ4n) is 2.76. The van der Waals surface area contributed by atoms with Gasteiger partial charge in [0.25, 0.3) is 0 Å². The number of nitrogens with one attached hydrogen (secondary N) is 3. The summed E-state index contributed by atoms with van der Waals surface area (Å²) in [6.07, 6.45) is 1.88. The second-order valence-electron chi connectivity index (χ2n) is 6.03. The van der Waals surface area contributed by atoms with Crippen LogP contribution < -0.4 is 11.1 Å². The fraction of sp³-hybridized carbons (Fsp3) is 0.111. The van der Waals surface area contributed by atoms with E-state index in [4.69, 9.17) is 12.2 Å². The molecule has 0 fully saturated rings. The summed E-state index contributed by atoms with van der Waals surface area (Å²) in [5.41, 5.74) is 10.1. The number of hydrogen-bond acceptors (Lipinski definition) is 5. The van der Waals surface area contributed by atoms with E-state index < -0.39 is 0 Å². The van der Waals surface area contributed by atoms with Gasteiger partial charge in [0.05, 0.1) is 17.8 Å². The summed E-state index contributed by atoms with van der Waals surface area (Å²) < 4.78 is 3.61. The Kier molecular flexibility index (Phi) is 4.62. The normalized spacial score (nSPS) is 13.6. The van der Waals surface area contributed by atoms with Crippen molar-refractivity contribution in [1.29, 1.82) is 0 Å². The quantitative estimate of drug-likeness (QED) is 0.553. The topological polar surface area (TPSA) is 60.4 Å². The lowest BCUT2D eigenvalue weighted by Crippen LogP contribution is -2.40. The lowest BCUT2D eigenvalue weighted by atomic mass is 10.2. The standard InChI is InChI=1S/C18H17BrN6S/c1-12-2-8-15(9-3-12)25-18(26)16(10-20-25)17-21-22-23-24(17)11-13-4-6-14(19)7-5-13/h2-10,20,22-23H,11H2,1H3. The zero-order valence-corrected chi connectivity index (χ0v) is 16.4. The molecule has 0 saturated heterocycles. The minimum absolute atomic E-state index is 0.656. The van der Waals surface area contributed by atoms with Gasteiger partial charge in [-0.3, -0.25) is 10.1 Å². The van der Waals surface area contributed by atoms with Crippen molar-refractivity contribution in [3.05, 3.63) is 80.5 Å². The van der Waals surface area contributed by atoms with Crippen LogP contribution in [0.1, 0.15) is 16.7 Å². The minimum Gasteiger partial charge on any atom is -0.299 e. The zero-order chi connectivity index (χ0) is 18.1. The number of rotatable bonds is 4. The van der Waals surface area contributed by atoms with Crippen LogP contribution in [0, 0.1) is 11.6 Å². The summed E-state index contributed by atoms with van der Waals surface area (Å²) in [5, 5.41) is 9.51. The van der Waals surface area contributed by atoms with Crippen molar-refractivity contribution >= 4 is 34.0 Å². The highest BCUT2D eigenvalue weighted by molar-refractivity contribution is 9.10. The Labute approximate surface area is 164 Å². The van der Waals surface area contributed by atoms with E-state index in [0.29, 0.717) is 11.2 Å². The van der Waals surface area contributed by atoms with E-state index in [-0.39, 0.29) is 0 Å². The first-order valence-corrected chi connectivity index (χ1v) is 9.30. The third kappa shape index (κ3) is 3.31. The van der Waals surface area contributed by atoms with Crippen molar-refractivity contribution in [3.8, 4) is 5.69 Å². The molecular weight excluding hydrogens is 412 g/mol. The molecule has 4 rings (SSSR count). The zero-order valence-electron chi connectivity index (χ0n) is 14.0. The molecule has 1 aliphatic heterocycles. The highest BCUT2D eigenvalue weighted by Gasteiger charge is 2.22. The van der Waals surface area contributed by atoms with E-state index in [2.05, 4.69) is 68.4 Å². The van der Waals surface area contributed by atoms with Gasteiger partial charge in [0, 0.05) is 10.7 Å². The summed E-state index contributed by atoms with van der Waals surface area (Å²) in [7, 11) is 0. The monoisotopic (exact) mass is 428 g/mol. The van der Waals surface area contributed by atoms with Gasteiger partial charge < -0.3 is 0 Å². The molecule has 0 radical (unpaired) electrons. The number of benzene rings is 2. The maximum absolute atomic E-state index is 5.67. The molecule has 26 heavy (non-hydrogen) atoms. The van der Waals surface area contributed by atoms with Crippen LogP contribution in [-0.2, 0) is 6.54 Å². The molecule has 1 aliphatic rings. The van der Waals surface area contributed by atoms with E-state index in [0.717, 1.165) is 27.1 Å². The van der Waals surface area contributed by atoms with E-state index in [1.165, 1.54) is 5.56 Å². The van der Waals surface area contributed by atoms with Crippen molar-refractivity contribution in [2.45, 2.75) is 13.5 Å². The minimum atomic E-state index is 0.656. The molecule has 132 valence electrons. The fourth-order valence-corrected chi connectivity index (χ4v) is 3.33. The van der Waals surface area contributed by atoms with Crippen LogP contribution in [0.5, 0.6) is 0 Å². The van der Waals surface area contributed by atoms with E-state index in [1.807, 2.05) is 40.2 Å². The maximum Gasteiger partial charge on any atom is 0.177 e. The molecule has 0 amide bonds. The summed E-state index contributed by atoms with van der Waals surface area (Å²) in [4.78, 5) is 0. The number of aromatic amines is 1. The van der Waals surface area contributed by atoms with Crippen LogP contribution in [0.25, 0.3) is 5.69 Å². The Morgan fingerprint density at radius 2 is 1.81 bits per heavy atom. The summed E-state index contributed by atoms with van der Waals surface area (Å²) in [5.74, 6) is 0.750. The van der Waals surface area contributed by atoms with Crippen LogP contribution >= 0.6 is 28.1 Å². The summed E-state index contributed by atoms with van der Waals surface area (Å²) in [6, 6.07) is 16.4. The van der Waals surface area contributed by atoms with Crippen LogP contribution in [0.2, 0.25) is 0 Å². The highest BCUT2D eigenvalue weighted by atomic mass is 79.9. The predicted molar refractivity (Wildman–Crippen MR) is 108 cm³/mol. The number of hydrogen-bond donors (Lipinski definition) is 3. The average Bonchev–Trinajstić information content (AvgIpc) is 3.24. The van der Waals surface area contributed by atoms with Gasteiger partial charge in [-0.25, -0.2) is 10.2 Å². The molecule has 0 aliphatic carbocycles. The molecule has 2 heterocycles. The number of amidine groups is 1. The molecule has 6 nitrogen and oxygen atoms in total. The molecule has 0 saturated carbocycles. The lowest BCUT2D eigenvalue weighted by Gasteiger charge is -2.18. The average molecular weight is 429 g/mol. The van der Waals surface area contributed by atoms with Gasteiger partial charge in [-0.1, -0.05) is 58.0 Å². The molecule has 3 N–H and O–H groups in total. The van der Waals surface area contributed by atoms with Gasteiger partial charge in [-0.2, -0.15) is 0 Å². The Morgan fingerprint density at radius 1 is 1.08 bits per heavy atom. The number of hydrazone groups is 1. The van der Waals surface area contributed by atoms with Crippen molar-refractivity contribution < 1.29 is 0 Å². The van der Waals surface area contributed by atoms with Crippen LogP contribution in [-0.4, -0.2) is 20.6 Å². The first kappa shape index (κ1) is 17.0. The molecule has 3 aromatic rings. The van der Waals surface area contributed by atoms with Gasteiger partial charge in [0.15, 0.2) is 5.84 Å². The second-order valence-corrected chi connectivity index (χ2v) is 7.34. The summed E-state index contributed by atoms with van der Waals surface area (Å²) in [6.45, 7) is 2.72. The van der Waals surface area contributed by atoms with Gasteiger partial charge in [-0.15, -0.1) is 10.6 Å². The van der Waals surface area contributed by atoms with Crippen LogP contribution in [0.3, 0.4) is 0 Å². The third-order valence-electron chi connectivity index (χ3n) is 4.16. The smallest absolute Gasteiger partial charge is 0.177 e. The first-order valence-electron chi connectivity index (χ1n) is 8.10. The molecule has 0 atom stereocenters. The van der Waals surface area contributed by atoms with Crippen molar-refractivity contribution in [2.24, 2.45) is 5.10 Å². The maximum atomic E-state index is 5.67. The lowest BCUT2D eigenvalue weighted by molar-refractivity contribution is 0.288. The van der Waals surface area contributed by atoms with Crippen molar-refractivity contribution in [1.82, 2.24) is 25.9 Å². The van der Waals surface area contributed by atoms with E-state index >= 15 is 0 Å². The summed E-state index contributed by atoms with van der Waals surface area (Å²) >= 11 is 9.13. The van der Waals surface area contributed by atoms with Crippen LogP contribution in [0.15, 0.2) is 64.3 Å². The molecule has 0 unspecified atom stereocenters. The molecular formula is C18H17BrN6S. The molecule has 2 aromatic carbocycles. The molecule has 1 aromatic heterocycles. The molecule has 8 heteroatoms. The first-order chi connectivity index (χ1) is 12.6.